The van der Waals surface area contributed by atoms with E-state index in [0.717, 1.165) is 26.4 Å². The maximum Gasteiger partial charge on any atom is 0.214 e. The lowest BCUT2D eigenvalue weighted by Gasteiger charge is -2.11. The van der Waals surface area contributed by atoms with Crippen LogP contribution in [0, 0.1) is 4.77 Å². The Hall–Kier alpha value is -1.83. The monoisotopic (exact) mass is 424 g/mol. The first kappa shape index (κ1) is 17.0. The molecule has 0 aliphatic heterocycles. The number of hydrogen-bond donors (Lipinski definition) is 2. The molecule has 0 aliphatic carbocycles. The molecule has 0 saturated carbocycles. The summed E-state index contributed by atoms with van der Waals surface area (Å²) in [6.45, 7) is 1.10. The summed E-state index contributed by atoms with van der Waals surface area (Å²) in [6.07, 6.45) is 1.60. The Labute approximate surface area is 157 Å². The minimum atomic E-state index is 0.484. The van der Waals surface area contributed by atoms with Crippen LogP contribution in [0.5, 0.6) is 5.75 Å². The molecule has 0 bridgehead atoms. The highest BCUT2D eigenvalue weighted by Crippen LogP contribution is 2.27. The summed E-state index contributed by atoms with van der Waals surface area (Å²) in [5.41, 5.74) is 5.31. The molecule has 1 heterocycles. The lowest BCUT2D eigenvalue weighted by atomic mass is 10.2. The molecule has 0 amide bonds. The van der Waals surface area contributed by atoms with Gasteiger partial charge in [-0.2, -0.15) is 5.10 Å². The van der Waals surface area contributed by atoms with Crippen molar-refractivity contribution in [2.75, 3.05) is 5.43 Å². The molecule has 3 aromatic rings. The second kappa shape index (κ2) is 7.83. The summed E-state index contributed by atoms with van der Waals surface area (Å²) in [4.78, 5) is 0. The number of ether oxygens (including phenoxy) is 1. The van der Waals surface area contributed by atoms with Gasteiger partial charge in [0.1, 0.15) is 18.7 Å². The van der Waals surface area contributed by atoms with Gasteiger partial charge >= 0.3 is 0 Å². The second-order valence-electron chi connectivity index (χ2n) is 5.05. The summed E-state index contributed by atoms with van der Waals surface area (Å²) in [6, 6.07) is 13.5. The van der Waals surface area contributed by atoms with E-state index in [1.807, 2.05) is 42.5 Å². The first-order valence-electron chi connectivity index (χ1n) is 7.13. The zero-order chi connectivity index (χ0) is 16.9. The zero-order valence-corrected chi connectivity index (χ0v) is 15.7. The minimum Gasteiger partial charge on any atom is -0.488 e. The number of aromatic nitrogens is 3. The highest BCUT2D eigenvalue weighted by molar-refractivity contribution is 9.10. The van der Waals surface area contributed by atoms with Gasteiger partial charge in [-0.1, -0.05) is 29.8 Å². The van der Waals surface area contributed by atoms with E-state index in [2.05, 4.69) is 31.6 Å². The van der Waals surface area contributed by atoms with Crippen molar-refractivity contribution < 1.29 is 4.74 Å². The van der Waals surface area contributed by atoms with Gasteiger partial charge < -0.3 is 10.2 Å². The van der Waals surface area contributed by atoms with Crippen LogP contribution in [-0.4, -0.2) is 14.9 Å². The van der Waals surface area contributed by atoms with Crippen molar-refractivity contribution in [2.45, 2.75) is 13.2 Å². The fourth-order valence-corrected chi connectivity index (χ4v) is 2.88. The molecule has 124 valence electrons. The molecule has 0 spiro atoms. The van der Waals surface area contributed by atoms with Crippen molar-refractivity contribution in [1.82, 2.24) is 14.9 Å². The maximum atomic E-state index is 5.88. The summed E-state index contributed by atoms with van der Waals surface area (Å²) in [7, 11) is 0. The third-order valence-corrected chi connectivity index (χ3v) is 4.47. The first-order chi connectivity index (χ1) is 11.6. The zero-order valence-electron chi connectivity index (χ0n) is 12.5. The van der Waals surface area contributed by atoms with Crippen LogP contribution in [0.2, 0.25) is 5.02 Å². The van der Waals surface area contributed by atoms with Crippen molar-refractivity contribution in [3.8, 4) is 5.75 Å². The Bertz CT molecular complexity index is 878. The van der Waals surface area contributed by atoms with E-state index in [1.165, 1.54) is 0 Å². The molecular weight excluding hydrogens is 412 g/mol. The molecule has 2 N–H and O–H groups in total. The number of rotatable bonds is 6. The minimum absolute atomic E-state index is 0.484. The number of hydrogen-bond acceptors (Lipinski definition) is 4. The molecule has 0 unspecified atom stereocenters. The topological polar surface area (TPSA) is 54.9 Å². The number of halogens is 2. The average molecular weight is 426 g/mol. The number of aromatic amines is 1. The standard InChI is InChI=1S/C16H14BrClN4OS/c17-14-7-12(8-20-22-10-19-21-16(22)24)3-6-15(14)23-9-11-1-4-13(18)5-2-11/h1-7,10,20H,8-9H2,(H,21,24). The Kier molecular flexibility index (Phi) is 5.55. The summed E-state index contributed by atoms with van der Waals surface area (Å²) >= 11 is 14.5. The molecule has 0 saturated heterocycles. The van der Waals surface area contributed by atoms with Crippen molar-refractivity contribution in [2.24, 2.45) is 0 Å². The molecule has 5 nitrogen and oxygen atoms in total. The van der Waals surface area contributed by atoms with E-state index >= 15 is 0 Å². The van der Waals surface area contributed by atoms with E-state index in [4.69, 9.17) is 28.6 Å². The molecule has 0 atom stereocenters. The molecule has 3 rings (SSSR count). The van der Waals surface area contributed by atoms with Crippen molar-refractivity contribution in [3.05, 3.63) is 74.2 Å². The Morgan fingerprint density at radius 1 is 1.21 bits per heavy atom. The number of H-pyrrole nitrogens is 1. The third-order valence-electron chi connectivity index (χ3n) is 3.31. The fraction of sp³-hybridized carbons (Fsp3) is 0.125. The maximum absolute atomic E-state index is 5.88. The highest BCUT2D eigenvalue weighted by Gasteiger charge is 2.04. The highest BCUT2D eigenvalue weighted by atomic mass is 79.9. The van der Waals surface area contributed by atoms with Gasteiger partial charge in [0.05, 0.1) is 11.0 Å². The van der Waals surface area contributed by atoms with Crippen LogP contribution in [-0.2, 0) is 13.2 Å². The molecule has 2 aromatic carbocycles. The van der Waals surface area contributed by atoms with Gasteiger partial charge in [0.25, 0.3) is 0 Å². The van der Waals surface area contributed by atoms with E-state index in [9.17, 15) is 0 Å². The third kappa shape index (κ3) is 4.37. The van der Waals surface area contributed by atoms with Crippen molar-refractivity contribution in [3.63, 3.8) is 0 Å². The molecule has 24 heavy (non-hydrogen) atoms. The fourth-order valence-electron chi connectivity index (χ4n) is 2.05. The van der Waals surface area contributed by atoms with Gasteiger partial charge in [-0.3, -0.25) is 5.10 Å². The van der Waals surface area contributed by atoms with Crippen LogP contribution < -0.4 is 10.2 Å². The van der Waals surface area contributed by atoms with E-state index < -0.39 is 0 Å². The second-order valence-corrected chi connectivity index (χ2v) is 6.72. The largest absolute Gasteiger partial charge is 0.488 e. The van der Waals surface area contributed by atoms with Crippen molar-refractivity contribution >= 4 is 39.7 Å². The van der Waals surface area contributed by atoms with Gasteiger partial charge in [-0.05, 0) is 63.5 Å². The molecular formula is C16H14BrClN4OS. The Morgan fingerprint density at radius 2 is 1.96 bits per heavy atom. The average Bonchev–Trinajstić information content (AvgIpc) is 2.99. The van der Waals surface area contributed by atoms with Crippen LogP contribution in [0.25, 0.3) is 0 Å². The summed E-state index contributed by atoms with van der Waals surface area (Å²) in [5, 5.41) is 7.26. The SMILES string of the molecule is S=c1[nH]ncn1NCc1ccc(OCc2ccc(Cl)cc2)c(Br)c1. The predicted molar refractivity (Wildman–Crippen MR) is 100 cm³/mol. The van der Waals surface area contributed by atoms with Crippen molar-refractivity contribution in [1.29, 1.82) is 0 Å². The van der Waals surface area contributed by atoms with Gasteiger partial charge in [-0.25, -0.2) is 4.68 Å². The Balaban J connectivity index is 1.60. The van der Waals surface area contributed by atoms with Crippen LogP contribution in [0.1, 0.15) is 11.1 Å². The number of nitrogens with one attached hydrogen (secondary N) is 2. The normalized spacial score (nSPS) is 10.6. The van der Waals surface area contributed by atoms with E-state index in [-0.39, 0.29) is 0 Å². The van der Waals surface area contributed by atoms with Crippen LogP contribution in [0.15, 0.2) is 53.3 Å². The summed E-state index contributed by atoms with van der Waals surface area (Å²) in [5.74, 6) is 0.786. The smallest absolute Gasteiger partial charge is 0.214 e. The van der Waals surface area contributed by atoms with Gasteiger partial charge in [0.15, 0.2) is 0 Å². The van der Waals surface area contributed by atoms with E-state index in [0.29, 0.717) is 17.9 Å². The lowest BCUT2D eigenvalue weighted by molar-refractivity contribution is 0.304. The molecule has 0 fully saturated rings. The first-order valence-corrected chi connectivity index (χ1v) is 8.71. The summed E-state index contributed by atoms with van der Waals surface area (Å²) < 4.78 is 8.92. The predicted octanol–water partition coefficient (Wildman–Crippen LogP) is 4.68. The number of nitrogens with zero attached hydrogens (tertiary/aromatic N) is 2. The quantitative estimate of drug-likeness (QED) is 0.563. The molecule has 8 heteroatoms. The lowest BCUT2D eigenvalue weighted by Crippen LogP contribution is -2.13. The van der Waals surface area contributed by atoms with Crippen LogP contribution >= 0.6 is 39.7 Å². The van der Waals surface area contributed by atoms with Crippen LogP contribution in [0.3, 0.4) is 0 Å². The van der Waals surface area contributed by atoms with Gasteiger partial charge in [-0.15, -0.1) is 0 Å². The van der Waals surface area contributed by atoms with Gasteiger partial charge in [0, 0.05) is 5.02 Å². The molecule has 0 radical (unpaired) electrons. The molecule has 0 aliphatic rings. The van der Waals surface area contributed by atoms with Gasteiger partial charge in [0.2, 0.25) is 4.77 Å². The Morgan fingerprint density at radius 3 is 2.62 bits per heavy atom. The van der Waals surface area contributed by atoms with Crippen LogP contribution in [0.4, 0.5) is 0 Å². The molecule has 1 aromatic heterocycles. The van der Waals surface area contributed by atoms with E-state index in [1.54, 1.807) is 11.0 Å². The number of benzene rings is 2.